The van der Waals surface area contributed by atoms with Gasteiger partial charge < -0.3 is 9.84 Å². The van der Waals surface area contributed by atoms with E-state index in [-0.39, 0.29) is 11.7 Å². The van der Waals surface area contributed by atoms with Gasteiger partial charge in [0.1, 0.15) is 12.1 Å². The van der Waals surface area contributed by atoms with E-state index in [0.717, 1.165) is 16.7 Å². The fraction of sp³-hybridized carbons (Fsp3) is 0.167. The van der Waals surface area contributed by atoms with Crippen LogP contribution in [0.4, 0.5) is 0 Å². The quantitative estimate of drug-likeness (QED) is 0.802. The van der Waals surface area contributed by atoms with E-state index in [1.165, 1.54) is 0 Å². The molecule has 0 bridgehead atoms. The molecular weight excluding hydrogens is 304 g/mol. The highest BCUT2D eigenvalue weighted by molar-refractivity contribution is 5.76. The number of para-hydroxylation sites is 2. The van der Waals surface area contributed by atoms with Crippen LogP contribution < -0.4 is 0 Å². The molecule has 1 N–H and O–H groups in total. The monoisotopic (exact) mass is 320 g/mol. The largest absolute Gasteiger partial charge is 0.504 e. The van der Waals surface area contributed by atoms with Crippen LogP contribution >= 0.6 is 0 Å². The lowest BCUT2D eigenvalue weighted by atomic mass is 9.95. The van der Waals surface area contributed by atoms with E-state index in [9.17, 15) is 5.11 Å². The summed E-state index contributed by atoms with van der Waals surface area (Å²) in [5, 5.41) is 9.78. The SMILES string of the molecule is COC1=C(O)C=CC(c2cncc(-n3cnc4ccccc43)n2)C1. The van der Waals surface area contributed by atoms with Crippen LogP contribution in [0.1, 0.15) is 18.0 Å². The Kier molecular flexibility index (Phi) is 3.49. The van der Waals surface area contributed by atoms with Crippen molar-refractivity contribution in [1.82, 2.24) is 19.5 Å². The van der Waals surface area contributed by atoms with Gasteiger partial charge in [-0.25, -0.2) is 9.97 Å². The number of aliphatic hydroxyl groups is 1. The van der Waals surface area contributed by atoms with E-state index in [4.69, 9.17) is 9.72 Å². The van der Waals surface area contributed by atoms with Crippen molar-refractivity contribution >= 4 is 11.0 Å². The van der Waals surface area contributed by atoms with Gasteiger partial charge in [0, 0.05) is 18.5 Å². The normalized spacial score (nSPS) is 17.5. The van der Waals surface area contributed by atoms with Crippen LogP contribution in [0, 0.1) is 0 Å². The Morgan fingerprint density at radius 1 is 1.25 bits per heavy atom. The Morgan fingerprint density at radius 3 is 3.00 bits per heavy atom. The van der Waals surface area contributed by atoms with Gasteiger partial charge in [-0.05, 0) is 18.2 Å². The zero-order valence-electron chi connectivity index (χ0n) is 13.1. The molecule has 24 heavy (non-hydrogen) atoms. The predicted octanol–water partition coefficient (Wildman–Crippen LogP) is 3.28. The van der Waals surface area contributed by atoms with Crippen molar-refractivity contribution in [2.24, 2.45) is 0 Å². The molecule has 4 rings (SSSR count). The lowest BCUT2D eigenvalue weighted by Gasteiger charge is -2.19. The maximum absolute atomic E-state index is 9.78. The second-order valence-corrected chi connectivity index (χ2v) is 5.59. The van der Waals surface area contributed by atoms with Gasteiger partial charge >= 0.3 is 0 Å². The fourth-order valence-corrected chi connectivity index (χ4v) is 2.87. The van der Waals surface area contributed by atoms with Gasteiger partial charge in [0.25, 0.3) is 0 Å². The number of benzene rings is 1. The Bertz CT molecular complexity index is 958. The first-order valence-corrected chi connectivity index (χ1v) is 7.65. The molecule has 1 aromatic carbocycles. The number of rotatable bonds is 3. The van der Waals surface area contributed by atoms with Gasteiger partial charge in [-0.15, -0.1) is 0 Å². The van der Waals surface area contributed by atoms with Crippen molar-refractivity contribution in [2.45, 2.75) is 12.3 Å². The molecule has 2 heterocycles. The molecule has 0 amide bonds. The number of fused-ring (bicyclic) bond motifs is 1. The van der Waals surface area contributed by atoms with E-state index in [1.54, 1.807) is 31.9 Å². The van der Waals surface area contributed by atoms with Gasteiger partial charge in [-0.1, -0.05) is 18.2 Å². The molecule has 1 atom stereocenters. The Hall–Kier alpha value is -3.15. The molecule has 0 fully saturated rings. The van der Waals surface area contributed by atoms with Crippen LogP contribution in [0.5, 0.6) is 0 Å². The highest BCUT2D eigenvalue weighted by atomic mass is 16.5. The number of aliphatic hydroxyl groups excluding tert-OH is 1. The predicted molar refractivity (Wildman–Crippen MR) is 89.8 cm³/mol. The van der Waals surface area contributed by atoms with E-state index >= 15 is 0 Å². The molecule has 1 aliphatic carbocycles. The Morgan fingerprint density at radius 2 is 2.12 bits per heavy atom. The molecule has 0 saturated heterocycles. The van der Waals surface area contributed by atoms with E-state index in [1.807, 2.05) is 34.9 Å². The number of ether oxygens (including phenoxy) is 1. The van der Waals surface area contributed by atoms with Gasteiger partial charge in [0.05, 0.1) is 30.0 Å². The molecule has 1 aliphatic rings. The van der Waals surface area contributed by atoms with Crippen molar-refractivity contribution < 1.29 is 9.84 Å². The number of aromatic nitrogens is 4. The summed E-state index contributed by atoms with van der Waals surface area (Å²) in [6, 6.07) is 7.90. The summed E-state index contributed by atoms with van der Waals surface area (Å²) in [6.45, 7) is 0. The lowest BCUT2D eigenvalue weighted by Crippen LogP contribution is -2.09. The average Bonchev–Trinajstić information content (AvgIpc) is 3.06. The molecule has 6 heteroatoms. The summed E-state index contributed by atoms with van der Waals surface area (Å²) in [5.41, 5.74) is 2.72. The number of hydrogen-bond acceptors (Lipinski definition) is 5. The average molecular weight is 320 g/mol. The summed E-state index contributed by atoms with van der Waals surface area (Å²) in [4.78, 5) is 13.5. The van der Waals surface area contributed by atoms with Crippen LogP contribution in [-0.4, -0.2) is 31.7 Å². The molecule has 120 valence electrons. The first kappa shape index (κ1) is 14.4. The minimum absolute atomic E-state index is 0.0121. The van der Waals surface area contributed by atoms with E-state index < -0.39 is 0 Å². The van der Waals surface area contributed by atoms with Crippen molar-refractivity contribution in [3.05, 3.63) is 72.4 Å². The summed E-state index contributed by atoms with van der Waals surface area (Å²) in [5.74, 6) is 1.45. The number of methoxy groups -OCH3 is 1. The fourth-order valence-electron chi connectivity index (χ4n) is 2.87. The summed E-state index contributed by atoms with van der Waals surface area (Å²) in [7, 11) is 1.56. The minimum Gasteiger partial charge on any atom is -0.504 e. The number of allylic oxidation sites excluding steroid dienone is 3. The summed E-state index contributed by atoms with van der Waals surface area (Å²) < 4.78 is 7.15. The zero-order chi connectivity index (χ0) is 16.5. The van der Waals surface area contributed by atoms with Gasteiger partial charge in [0.15, 0.2) is 11.6 Å². The van der Waals surface area contributed by atoms with Crippen LogP contribution in [0.25, 0.3) is 16.9 Å². The Balaban J connectivity index is 1.71. The smallest absolute Gasteiger partial charge is 0.157 e. The molecule has 6 nitrogen and oxygen atoms in total. The first-order chi connectivity index (χ1) is 11.8. The first-order valence-electron chi connectivity index (χ1n) is 7.65. The van der Waals surface area contributed by atoms with Gasteiger partial charge in [-0.3, -0.25) is 9.55 Å². The van der Waals surface area contributed by atoms with Crippen molar-refractivity contribution in [2.75, 3.05) is 7.11 Å². The van der Waals surface area contributed by atoms with Crippen LogP contribution in [0.2, 0.25) is 0 Å². The molecule has 0 aliphatic heterocycles. The summed E-state index contributed by atoms with van der Waals surface area (Å²) in [6.07, 6.45) is 9.33. The molecule has 0 saturated carbocycles. The molecule has 0 radical (unpaired) electrons. The Labute approximate surface area is 138 Å². The van der Waals surface area contributed by atoms with Crippen molar-refractivity contribution in [3.63, 3.8) is 0 Å². The number of nitrogens with zero attached hydrogens (tertiary/aromatic N) is 4. The van der Waals surface area contributed by atoms with Crippen molar-refractivity contribution in [1.29, 1.82) is 0 Å². The third kappa shape index (κ3) is 2.42. The lowest BCUT2D eigenvalue weighted by molar-refractivity contribution is 0.240. The van der Waals surface area contributed by atoms with Crippen LogP contribution in [0.3, 0.4) is 0 Å². The van der Waals surface area contributed by atoms with Gasteiger partial charge in [0.2, 0.25) is 0 Å². The van der Waals surface area contributed by atoms with Crippen molar-refractivity contribution in [3.8, 4) is 5.82 Å². The molecular formula is C18H16N4O2. The molecule has 0 spiro atoms. The molecule has 1 unspecified atom stereocenters. The zero-order valence-corrected chi connectivity index (χ0v) is 13.1. The van der Waals surface area contributed by atoms with Crippen LogP contribution in [0.15, 0.2) is 66.7 Å². The number of hydrogen-bond donors (Lipinski definition) is 1. The molecule has 2 aromatic heterocycles. The maximum Gasteiger partial charge on any atom is 0.157 e. The maximum atomic E-state index is 9.78. The second kappa shape index (κ2) is 5.81. The topological polar surface area (TPSA) is 73.1 Å². The highest BCUT2D eigenvalue weighted by Gasteiger charge is 2.20. The summed E-state index contributed by atoms with van der Waals surface area (Å²) >= 11 is 0. The van der Waals surface area contributed by atoms with E-state index in [2.05, 4.69) is 9.97 Å². The molecule has 3 aromatic rings. The minimum atomic E-state index is 0.0121. The highest BCUT2D eigenvalue weighted by Crippen LogP contribution is 2.30. The van der Waals surface area contributed by atoms with E-state index in [0.29, 0.717) is 18.0 Å². The van der Waals surface area contributed by atoms with Gasteiger partial charge in [-0.2, -0.15) is 0 Å². The standard InChI is InChI=1S/C18H16N4O2/c1-24-17-8-12(6-7-16(17)23)14-9-19-10-18(21-14)22-11-20-13-4-2-3-5-15(13)22/h2-7,9-12,23H,8H2,1H3. The number of imidazole rings is 1. The van der Waals surface area contributed by atoms with Crippen LogP contribution in [-0.2, 0) is 4.74 Å². The third-order valence-corrected chi connectivity index (χ3v) is 4.14. The second-order valence-electron chi connectivity index (χ2n) is 5.59. The third-order valence-electron chi connectivity index (χ3n) is 4.14.